The number of aromatic carboxylic acids is 1. The summed E-state index contributed by atoms with van der Waals surface area (Å²) in [7, 11) is 0. The van der Waals surface area contributed by atoms with E-state index in [9.17, 15) is 28.8 Å². The van der Waals surface area contributed by atoms with Crippen molar-refractivity contribution in [2.24, 2.45) is 5.73 Å². The van der Waals surface area contributed by atoms with Gasteiger partial charge in [0, 0.05) is 12.5 Å². The molecule has 1 aromatic heterocycles. The second-order valence-corrected chi connectivity index (χ2v) is 5.93. The van der Waals surface area contributed by atoms with Gasteiger partial charge in [-0.15, -0.1) is 0 Å². The minimum absolute atomic E-state index is 0.00873. The second-order valence-electron chi connectivity index (χ2n) is 5.93. The number of aliphatic carboxylic acids is 1. The number of carbonyl (C=O) groups excluding carboxylic acids is 2. The Bertz CT molecular complexity index is 984. The molecule has 12 heteroatoms. The van der Waals surface area contributed by atoms with Crippen molar-refractivity contribution < 1.29 is 29.4 Å². The highest BCUT2D eigenvalue weighted by atomic mass is 16.4. The van der Waals surface area contributed by atoms with E-state index < -0.39 is 46.7 Å². The Morgan fingerprint density at radius 3 is 2.17 bits per heavy atom. The maximum Gasteiger partial charge on any atom is 0.352 e. The minimum Gasteiger partial charge on any atom is -0.480 e. The molecule has 160 valence electrons. The molecule has 0 fully saturated rings. The second kappa shape index (κ2) is 11.6. The Labute approximate surface area is 168 Å². The van der Waals surface area contributed by atoms with Gasteiger partial charge in [0.2, 0.25) is 11.8 Å². The van der Waals surface area contributed by atoms with Gasteiger partial charge in [-0.3, -0.25) is 19.4 Å². The lowest BCUT2D eigenvalue weighted by atomic mass is 10.1. The molecule has 0 aliphatic carbocycles. The topological polar surface area (TPSA) is 213 Å². The Kier molecular flexibility index (Phi) is 9.20. The number of hydrogen-bond acceptors (Lipinski definition) is 6. The molecule has 0 radical (unpaired) electrons. The fourth-order valence-corrected chi connectivity index (χ4v) is 2.15. The molecule has 12 nitrogen and oxygen atoms in total. The average Bonchev–Trinajstić information content (AvgIpc) is 2.65. The number of carboxylic acids is 2. The number of rotatable bonds is 8. The monoisotopic (exact) mass is 420 g/mol. The SMILES string of the molecule is NC(=O)CC[C@H](NC(=O)Cc1ccccc1)C(=O)O.O=C(O)c1cc(=O)[nH]c(=O)[nH]1. The van der Waals surface area contributed by atoms with E-state index in [0.29, 0.717) is 0 Å². The van der Waals surface area contributed by atoms with E-state index in [1.54, 1.807) is 24.3 Å². The number of aromatic nitrogens is 2. The number of H-pyrrole nitrogens is 2. The number of aromatic amines is 2. The van der Waals surface area contributed by atoms with E-state index in [1.165, 1.54) is 0 Å². The van der Waals surface area contributed by atoms with Crippen LogP contribution in [0.1, 0.15) is 28.9 Å². The van der Waals surface area contributed by atoms with Crippen molar-refractivity contribution in [3.8, 4) is 0 Å². The standard InChI is InChI=1S/C13H16N2O4.C5H4N2O4/c14-11(16)7-6-10(13(18)19)15-12(17)8-9-4-2-1-3-5-9;8-3-1-2(4(9)10)6-5(11)7-3/h1-5,10H,6-8H2,(H2,14,16)(H,15,17)(H,18,19);1H,(H,9,10)(H2,6,7,8,11)/t10-;/m0./s1. The Morgan fingerprint density at radius 2 is 1.67 bits per heavy atom. The Hall–Kier alpha value is -4.22. The van der Waals surface area contributed by atoms with Gasteiger partial charge in [-0.05, 0) is 12.0 Å². The van der Waals surface area contributed by atoms with Gasteiger partial charge in [0.1, 0.15) is 11.7 Å². The van der Waals surface area contributed by atoms with Gasteiger partial charge >= 0.3 is 17.6 Å². The summed E-state index contributed by atoms with van der Waals surface area (Å²) >= 11 is 0. The molecule has 0 aliphatic rings. The number of carbonyl (C=O) groups is 4. The lowest BCUT2D eigenvalue weighted by molar-refractivity contribution is -0.142. The normalized spacial score (nSPS) is 10.8. The third-order valence-electron chi connectivity index (χ3n) is 3.51. The maximum atomic E-state index is 11.7. The molecule has 0 saturated heterocycles. The number of carboxylic acid groups (broad SMARTS) is 2. The first-order valence-electron chi connectivity index (χ1n) is 8.49. The van der Waals surface area contributed by atoms with Crippen LogP contribution in [0.3, 0.4) is 0 Å². The van der Waals surface area contributed by atoms with Crippen molar-refractivity contribution in [1.29, 1.82) is 0 Å². The van der Waals surface area contributed by atoms with Gasteiger partial charge in [0.15, 0.2) is 0 Å². The summed E-state index contributed by atoms with van der Waals surface area (Å²) in [6, 6.07) is 8.67. The fraction of sp³-hybridized carbons (Fsp3) is 0.222. The lowest BCUT2D eigenvalue weighted by Crippen LogP contribution is -2.42. The highest BCUT2D eigenvalue weighted by Crippen LogP contribution is 2.02. The lowest BCUT2D eigenvalue weighted by Gasteiger charge is -2.13. The average molecular weight is 420 g/mol. The van der Waals surface area contributed by atoms with Gasteiger partial charge in [-0.25, -0.2) is 14.4 Å². The van der Waals surface area contributed by atoms with Crippen molar-refractivity contribution in [3.05, 3.63) is 68.5 Å². The summed E-state index contributed by atoms with van der Waals surface area (Å²) < 4.78 is 0. The Balaban J connectivity index is 0.000000346. The van der Waals surface area contributed by atoms with E-state index >= 15 is 0 Å². The van der Waals surface area contributed by atoms with Crippen molar-refractivity contribution in [2.45, 2.75) is 25.3 Å². The fourth-order valence-electron chi connectivity index (χ4n) is 2.15. The zero-order chi connectivity index (χ0) is 22.7. The first kappa shape index (κ1) is 23.8. The highest BCUT2D eigenvalue weighted by Gasteiger charge is 2.20. The van der Waals surface area contributed by atoms with Crippen LogP contribution in [0, 0.1) is 0 Å². The van der Waals surface area contributed by atoms with Crippen molar-refractivity contribution in [2.75, 3.05) is 0 Å². The first-order chi connectivity index (χ1) is 14.1. The summed E-state index contributed by atoms with van der Waals surface area (Å²) in [5, 5.41) is 19.6. The molecule has 1 atom stereocenters. The first-order valence-corrected chi connectivity index (χ1v) is 8.49. The van der Waals surface area contributed by atoms with E-state index in [2.05, 4.69) is 5.32 Å². The minimum atomic E-state index is -1.34. The van der Waals surface area contributed by atoms with Crippen LogP contribution in [-0.4, -0.2) is 50.0 Å². The third kappa shape index (κ3) is 9.12. The predicted octanol–water partition coefficient (Wildman–Crippen LogP) is -1.17. The highest BCUT2D eigenvalue weighted by molar-refractivity contribution is 5.85. The number of hydrogen-bond donors (Lipinski definition) is 6. The van der Waals surface area contributed by atoms with E-state index in [4.69, 9.17) is 15.9 Å². The molecule has 7 N–H and O–H groups in total. The van der Waals surface area contributed by atoms with Crippen LogP contribution >= 0.6 is 0 Å². The zero-order valence-electron chi connectivity index (χ0n) is 15.6. The molecule has 0 unspecified atom stereocenters. The quantitative estimate of drug-likeness (QED) is 0.305. The molecular formula is C18H20N4O8. The van der Waals surface area contributed by atoms with Crippen molar-refractivity contribution in [1.82, 2.24) is 15.3 Å². The number of nitrogens with one attached hydrogen (secondary N) is 3. The van der Waals surface area contributed by atoms with Crippen LogP contribution in [0.25, 0.3) is 0 Å². The van der Waals surface area contributed by atoms with Crippen LogP contribution < -0.4 is 22.3 Å². The van der Waals surface area contributed by atoms with Gasteiger partial charge in [-0.2, -0.15) is 0 Å². The summed E-state index contributed by atoms with van der Waals surface area (Å²) in [6.45, 7) is 0. The predicted molar refractivity (Wildman–Crippen MR) is 103 cm³/mol. The summed E-state index contributed by atoms with van der Waals surface area (Å²) in [5.74, 6) is -3.51. The molecule has 1 heterocycles. The molecule has 2 amide bonds. The third-order valence-corrected chi connectivity index (χ3v) is 3.51. The van der Waals surface area contributed by atoms with Crippen molar-refractivity contribution in [3.63, 3.8) is 0 Å². The molecule has 30 heavy (non-hydrogen) atoms. The number of amides is 2. The largest absolute Gasteiger partial charge is 0.480 e. The summed E-state index contributed by atoms with van der Waals surface area (Å²) in [5.41, 5.74) is 3.77. The number of primary amides is 1. The van der Waals surface area contributed by atoms with Crippen LogP contribution in [0.15, 0.2) is 46.0 Å². The van der Waals surface area contributed by atoms with Gasteiger partial charge in [0.05, 0.1) is 6.42 Å². The molecule has 0 saturated carbocycles. The van der Waals surface area contributed by atoms with Crippen LogP contribution in [0.4, 0.5) is 0 Å². The Morgan fingerprint density at radius 1 is 1.03 bits per heavy atom. The van der Waals surface area contributed by atoms with E-state index in [0.717, 1.165) is 11.6 Å². The smallest absolute Gasteiger partial charge is 0.352 e. The zero-order valence-corrected chi connectivity index (χ0v) is 15.6. The van der Waals surface area contributed by atoms with E-state index in [-0.39, 0.29) is 19.3 Å². The van der Waals surface area contributed by atoms with Gasteiger partial charge in [0.25, 0.3) is 5.56 Å². The maximum absolute atomic E-state index is 11.7. The molecule has 0 aliphatic heterocycles. The van der Waals surface area contributed by atoms with Crippen LogP contribution in [-0.2, 0) is 20.8 Å². The molecule has 2 aromatic rings. The molecule has 1 aromatic carbocycles. The van der Waals surface area contributed by atoms with Crippen LogP contribution in [0.5, 0.6) is 0 Å². The van der Waals surface area contributed by atoms with E-state index in [1.807, 2.05) is 16.0 Å². The molecule has 0 spiro atoms. The van der Waals surface area contributed by atoms with Gasteiger partial charge < -0.3 is 26.2 Å². The molecular weight excluding hydrogens is 400 g/mol. The van der Waals surface area contributed by atoms with Gasteiger partial charge in [-0.1, -0.05) is 30.3 Å². The molecule has 2 rings (SSSR count). The number of benzene rings is 1. The molecule has 0 bridgehead atoms. The number of nitrogens with two attached hydrogens (primary N) is 1. The van der Waals surface area contributed by atoms with Crippen molar-refractivity contribution >= 4 is 23.8 Å². The summed E-state index contributed by atoms with van der Waals surface area (Å²) in [4.78, 5) is 68.1. The van der Waals surface area contributed by atoms with Crippen LogP contribution in [0.2, 0.25) is 0 Å². The summed E-state index contributed by atoms with van der Waals surface area (Å²) in [6.07, 6.45) is 0.00890.